The third kappa shape index (κ3) is 3.93. The Bertz CT molecular complexity index is 943. The SMILES string of the molecule is CCS(=O)(=O)N1CCc2nc(NC(=O)c3cc(OC)ccc3Br)sc2C1. The molecular formula is C16H18BrN3O4S2. The van der Waals surface area contributed by atoms with E-state index in [1.165, 1.54) is 22.8 Å². The number of hydrogen-bond acceptors (Lipinski definition) is 6. The Hall–Kier alpha value is -1.49. The Morgan fingerprint density at radius 1 is 1.46 bits per heavy atom. The molecule has 1 aromatic carbocycles. The molecule has 0 saturated carbocycles. The van der Waals surface area contributed by atoms with E-state index in [4.69, 9.17) is 4.74 Å². The molecule has 0 bridgehead atoms. The fraction of sp³-hybridized carbons (Fsp3) is 0.375. The van der Waals surface area contributed by atoms with Gasteiger partial charge >= 0.3 is 0 Å². The summed E-state index contributed by atoms with van der Waals surface area (Å²) >= 11 is 4.67. The predicted octanol–water partition coefficient (Wildman–Crippen LogP) is 2.87. The minimum Gasteiger partial charge on any atom is -0.497 e. The van der Waals surface area contributed by atoms with Gasteiger partial charge in [0.05, 0.1) is 24.1 Å². The topological polar surface area (TPSA) is 88.6 Å². The summed E-state index contributed by atoms with van der Waals surface area (Å²) in [5.41, 5.74) is 1.28. The molecule has 0 spiro atoms. The van der Waals surface area contributed by atoms with Gasteiger partial charge in [-0.3, -0.25) is 10.1 Å². The molecule has 3 rings (SSSR count). The smallest absolute Gasteiger partial charge is 0.258 e. The number of methoxy groups -OCH3 is 1. The lowest BCUT2D eigenvalue weighted by Gasteiger charge is -2.24. The van der Waals surface area contributed by atoms with E-state index >= 15 is 0 Å². The van der Waals surface area contributed by atoms with Crippen molar-refractivity contribution in [1.82, 2.24) is 9.29 Å². The van der Waals surface area contributed by atoms with Crippen LogP contribution in [0.2, 0.25) is 0 Å². The number of anilines is 1. The molecule has 26 heavy (non-hydrogen) atoms. The summed E-state index contributed by atoms with van der Waals surface area (Å²) in [6.45, 7) is 2.36. The molecule has 0 unspecified atom stereocenters. The minimum atomic E-state index is -3.23. The second-order valence-corrected chi connectivity index (χ2v) is 9.87. The summed E-state index contributed by atoms with van der Waals surface area (Å²) in [4.78, 5) is 17.9. The van der Waals surface area contributed by atoms with Crippen molar-refractivity contribution < 1.29 is 17.9 Å². The third-order valence-corrected chi connectivity index (χ3v) is 7.61. The quantitative estimate of drug-likeness (QED) is 0.742. The van der Waals surface area contributed by atoms with Crippen molar-refractivity contribution in [3.63, 3.8) is 0 Å². The number of rotatable bonds is 5. The van der Waals surface area contributed by atoms with Gasteiger partial charge in [-0.1, -0.05) is 0 Å². The Kier molecular flexibility index (Phi) is 5.66. The van der Waals surface area contributed by atoms with Crippen LogP contribution in [0.3, 0.4) is 0 Å². The van der Waals surface area contributed by atoms with Crippen LogP contribution in [-0.4, -0.2) is 43.0 Å². The van der Waals surface area contributed by atoms with Gasteiger partial charge in [-0.2, -0.15) is 4.31 Å². The minimum absolute atomic E-state index is 0.0780. The number of nitrogens with zero attached hydrogens (tertiary/aromatic N) is 2. The standard InChI is InChI=1S/C16H18BrN3O4S2/c1-3-26(22,23)20-7-6-13-14(9-20)25-16(18-13)19-15(21)11-8-10(24-2)4-5-12(11)17/h4-5,8H,3,6-7,9H2,1-2H3,(H,18,19,21). The molecule has 0 atom stereocenters. The number of benzene rings is 1. The lowest BCUT2D eigenvalue weighted by molar-refractivity contribution is 0.102. The van der Waals surface area contributed by atoms with Crippen LogP contribution in [-0.2, 0) is 23.0 Å². The lowest BCUT2D eigenvalue weighted by Crippen LogP contribution is -2.36. The molecule has 1 aromatic heterocycles. The zero-order valence-corrected chi connectivity index (χ0v) is 17.5. The van der Waals surface area contributed by atoms with Crippen LogP contribution in [0.4, 0.5) is 5.13 Å². The molecule has 10 heteroatoms. The first-order valence-corrected chi connectivity index (χ1v) is 11.2. The van der Waals surface area contributed by atoms with E-state index in [0.29, 0.717) is 40.4 Å². The summed E-state index contributed by atoms with van der Waals surface area (Å²) in [6, 6.07) is 5.14. The first-order chi connectivity index (χ1) is 12.3. The van der Waals surface area contributed by atoms with Gasteiger partial charge in [-0.25, -0.2) is 13.4 Å². The van der Waals surface area contributed by atoms with Crippen LogP contribution in [0.1, 0.15) is 27.9 Å². The van der Waals surface area contributed by atoms with Crippen LogP contribution in [0.5, 0.6) is 5.75 Å². The number of halogens is 1. The van der Waals surface area contributed by atoms with Gasteiger partial charge < -0.3 is 4.74 Å². The molecule has 2 aromatic rings. The van der Waals surface area contributed by atoms with Gasteiger partial charge in [0.2, 0.25) is 10.0 Å². The van der Waals surface area contributed by atoms with Crippen molar-refractivity contribution in [3.05, 3.63) is 38.8 Å². The summed E-state index contributed by atoms with van der Waals surface area (Å²) in [7, 11) is -1.69. The van der Waals surface area contributed by atoms with E-state index in [0.717, 1.165) is 10.6 Å². The van der Waals surface area contributed by atoms with E-state index in [9.17, 15) is 13.2 Å². The Balaban J connectivity index is 1.78. The highest BCUT2D eigenvalue weighted by molar-refractivity contribution is 9.10. The number of hydrogen-bond donors (Lipinski definition) is 1. The fourth-order valence-corrected chi connectivity index (χ4v) is 5.20. The molecule has 7 nitrogen and oxygen atoms in total. The summed E-state index contributed by atoms with van der Waals surface area (Å²) in [6.07, 6.45) is 0.545. The van der Waals surface area contributed by atoms with Crippen molar-refractivity contribution in [2.45, 2.75) is 19.9 Å². The summed E-state index contributed by atoms with van der Waals surface area (Å²) < 4.78 is 31.4. The van der Waals surface area contributed by atoms with Gasteiger partial charge in [-0.05, 0) is 41.1 Å². The number of sulfonamides is 1. The molecule has 2 heterocycles. The number of aromatic nitrogens is 1. The lowest BCUT2D eigenvalue weighted by atomic mass is 10.2. The van der Waals surface area contributed by atoms with Gasteiger partial charge in [-0.15, -0.1) is 11.3 Å². The number of carbonyl (C=O) groups excluding carboxylic acids is 1. The normalized spacial score (nSPS) is 14.7. The number of carbonyl (C=O) groups is 1. The van der Waals surface area contributed by atoms with Crippen LogP contribution < -0.4 is 10.1 Å². The monoisotopic (exact) mass is 459 g/mol. The Morgan fingerprint density at radius 2 is 2.23 bits per heavy atom. The number of thiazole rings is 1. The highest BCUT2D eigenvalue weighted by atomic mass is 79.9. The number of nitrogens with one attached hydrogen (secondary N) is 1. The fourth-order valence-electron chi connectivity index (χ4n) is 2.62. The summed E-state index contributed by atoms with van der Waals surface area (Å²) in [5.74, 6) is 0.353. The average molecular weight is 460 g/mol. The zero-order chi connectivity index (χ0) is 18.9. The van der Waals surface area contributed by atoms with Crippen molar-refractivity contribution in [1.29, 1.82) is 0 Å². The molecular weight excluding hydrogens is 442 g/mol. The zero-order valence-electron chi connectivity index (χ0n) is 14.3. The number of fused-ring (bicyclic) bond motifs is 1. The van der Waals surface area contributed by atoms with E-state index < -0.39 is 10.0 Å². The maximum Gasteiger partial charge on any atom is 0.258 e. The van der Waals surface area contributed by atoms with Crippen molar-refractivity contribution >= 4 is 48.3 Å². The van der Waals surface area contributed by atoms with E-state index in [-0.39, 0.29) is 11.7 Å². The van der Waals surface area contributed by atoms with Crippen LogP contribution in [0.25, 0.3) is 0 Å². The highest BCUT2D eigenvalue weighted by Crippen LogP contribution is 2.30. The average Bonchev–Trinajstić information content (AvgIpc) is 3.03. The predicted molar refractivity (Wildman–Crippen MR) is 104 cm³/mol. The van der Waals surface area contributed by atoms with Gasteiger partial charge in [0, 0.05) is 28.9 Å². The molecule has 0 radical (unpaired) electrons. The molecule has 0 aliphatic carbocycles. The Labute approximate surface area is 164 Å². The molecule has 1 N–H and O–H groups in total. The molecule has 0 fully saturated rings. The highest BCUT2D eigenvalue weighted by Gasteiger charge is 2.28. The van der Waals surface area contributed by atoms with Crippen molar-refractivity contribution in [2.24, 2.45) is 0 Å². The maximum atomic E-state index is 12.5. The van der Waals surface area contributed by atoms with Gasteiger partial charge in [0.15, 0.2) is 5.13 Å². The van der Waals surface area contributed by atoms with Gasteiger partial charge in [0.1, 0.15) is 5.75 Å². The van der Waals surface area contributed by atoms with Crippen molar-refractivity contribution in [3.8, 4) is 5.75 Å². The van der Waals surface area contributed by atoms with Crippen LogP contribution in [0, 0.1) is 0 Å². The maximum absolute atomic E-state index is 12.5. The van der Waals surface area contributed by atoms with E-state index in [1.54, 1.807) is 25.1 Å². The van der Waals surface area contributed by atoms with Gasteiger partial charge in [0.25, 0.3) is 5.91 Å². The number of ether oxygens (including phenoxy) is 1. The second kappa shape index (κ2) is 7.63. The molecule has 0 saturated heterocycles. The first kappa shape index (κ1) is 19.3. The molecule has 1 amide bonds. The van der Waals surface area contributed by atoms with E-state index in [2.05, 4.69) is 26.2 Å². The second-order valence-electron chi connectivity index (χ2n) is 5.67. The van der Waals surface area contributed by atoms with Crippen LogP contribution in [0.15, 0.2) is 22.7 Å². The summed E-state index contributed by atoms with van der Waals surface area (Å²) in [5, 5.41) is 3.25. The number of amides is 1. The third-order valence-electron chi connectivity index (χ3n) is 4.09. The molecule has 140 valence electrons. The molecule has 1 aliphatic rings. The van der Waals surface area contributed by atoms with Crippen LogP contribution >= 0.6 is 27.3 Å². The largest absolute Gasteiger partial charge is 0.497 e. The first-order valence-electron chi connectivity index (χ1n) is 7.95. The van der Waals surface area contributed by atoms with Crippen molar-refractivity contribution in [2.75, 3.05) is 24.7 Å². The molecule has 1 aliphatic heterocycles. The van der Waals surface area contributed by atoms with E-state index in [1.807, 2.05) is 0 Å². The Morgan fingerprint density at radius 3 is 2.92 bits per heavy atom.